The quantitative estimate of drug-likeness (QED) is 0.773. The third kappa shape index (κ3) is 2.28. The molecule has 0 atom stereocenters. The molecule has 1 heterocycles. The number of hydrogen-bond donors (Lipinski definition) is 2. The molecule has 3 N–H and O–H groups in total. The van der Waals surface area contributed by atoms with Crippen molar-refractivity contribution in [1.82, 2.24) is 9.97 Å². The van der Waals surface area contributed by atoms with E-state index in [1.54, 1.807) is 13.2 Å². The largest absolute Gasteiger partial charge is 0.397 e. The molecule has 0 amide bonds. The minimum absolute atomic E-state index is 0.183. The molecule has 18 heavy (non-hydrogen) atoms. The lowest BCUT2D eigenvalue weighted by atomic mass is 10.2. The second-order valence-electron chi connectivity index (χ2n) is 4.07. The highest BCUT2D eigenvalue weighted by Crippen LogP contribution is 2.25. The van der Waals surface area contributed by atoms with Crippen LogP contribution in [-0.4, -0.2) is 37.3 Å². The number of hydrogen-bond acceptors (Lipinski definition) is 5. The third-order valence-electron chi connectivity index (χ3n) is 2.83. The lowest BCUT2D eigenvalue weighted by molar-refractivity contribution is 0.206. The standard InChI is InChI=1S/C12H16N4O2/c1-16(3-4-18-2)11-6-10-8(5-9(11)13)12(17)15-7-14-10/h5-7H,3-4,13H2,1-2H3,(H,14,15,17). The Morgan fingerprint density at radius 2 is 2.28 bits per heavy atom. The third-order valence-corrected chi connectivity index (χ3v) is 2.83. The highest BCUT2D eigenvalue weighted by molar-refractivity contribution is 5.88. The Hall–Kier alpha value is -2.08. The summed E-state index contributed by atoms with van der Waals surface area (Å²) in [5.74, 6) is 0. The van der Waals surface area contributed by atoms with Crippen molar-refractivity contribution in [2.75, 3.05) is 37.9 Å². The van der Waals surface area contributed by atoms with Gasteiger partial charge < -0.3 is 20.4 Å². The summed E-state index contributed by atoms with van der Waals surface area (Å²) in [4.78, 5) is 20.2. The molecule has 0 saturated carbocycles. The highest BCUT2D eigenvalue weighted by Gasteiger charge is 2.09. The van der Waals surface area contributed by atoms with Gasteiger partial charge in [0.1, 0.15) is 0 Å². The summed E-state index contributed by atoms with van der Waals surface area (Å²) in [6.45, 7) is 1.33. The summed E-state index contributed by atoms with van der Waals surface area (Å²) in [7, 11) is 3.57. The fourth-order valence-electron chi connectivity index (χ4n) is 1.80. The van der Waals surface area contributed by atoms with E-state index in [2.05, 4.69) is 9.97 Å². The molecule has 0 aliphatic heterocycles. The maximum atomic E-state index is 11.6. The van der Waals surface area contributed by atoms with Crippen molar-refractivity contribution in [3.8, 4) is 0 Å². The molecule has 0 aliphatic rings. The van der Waals surface area contributed by atoms with Gasteiger partial charge in [-0.15, -0.1) is 0 Å². The number of nitrogen functional groups attached to an aromatic ring is 1. The van der Waals surface area contributed by atoms with Crippen molar-refractivity contribution in [1.29, 1.82) is 0 Å². The molecule has 96 valence electrons. The smallest absolute Gasteiger partial charge is 0.258 e. The topological polar surface area (TPSA) is 84.2 Å². The van der Waals surface area contributed by atoms with Gasteiger partial charge in [0, 0.05) is 20.7 Å². The number of methoxy groups -OCH3 is 1. The molecular formula is C12H16N4O2. The molecule has 0 saturated heterocycles. The number of ether oxygens (including phenoxy) is 1. The Balaban J connectivity index is 2.46. The molecule has 6 heteroatoms. The number of aromatic amines is 1. The van der Waals surface area contributed by atoms with Gasteiger partial charge >= 0.3 is 0 Å². The van der Waals surface area contributed by atoms with Gasteiger partial charge in [0.25, 0.3) is 5.56 Å². The van der Waals surface area contributed by atoms with Crippen molar-refractivity contribution in [2.45, 2.75) is 0 Å². The van der Waals surface area contributed by atoms with Gasteiger partial charge in [0.15, 0.2) is 0 Å². The predicted molar refractivity (Wildman–Crippen MR) is 71.9 cm³/mol. The fourth-order valence-corrected chi connectivity index (χ4v) is 1.80. The van der Waals surface area contributed by atoms with E-state index in [-0.39, 0.29) is 5.56 Å². The molecule has 0 fully saturated rings. The van der Waals surface area contributed by atoms with Crippen LogP contribution in [0.4, 0.5) is 11.4 Å². The first-order valence-corrected chi connectivity index (χ1v) is 5.60. The SMILES string of the molecule is COCCN(C)c1cc2nc[nH]c(=O)c2cc1N. The Kier molecular flexibility index (Phi) is 3.47. The van der Waals surface area contributed by atoms with E-state index in [9.17, 15) is 4.79 Å². The molecule has 0 bridgehead atoms. The molecule has 1 aromatic heterocycles. The summed E-state index contributed by atoms with van der Waals surface area (Å²) in [6, 6.07) is 3.47. The van der Waals surface area contributed by atoms with Gasteiger partial charge in [-0.3, -0.25) is 4.79 Å². The van der Waals surface area contributed by atoms with E-state index in [0.717, 1.165) is 12.2 Å². The molecule has 1 aromatic carbocycles. The van der Waals surface area contributed by atoms with Gasteiger partial charge in [0.05, 0.1) is 35.2 Å². The second kappa shape index (κ2) is 5.05. The van der Waals surface area contributed by atoms with E-state index in [1.807, 2.05) is 18.0 Å². The molecule has 0 aliphatic carbocycles. The van der Waals surface area contributed by atoms with E-state index in [4.69, 9.17) is 10.5 Å². The van der Waals surface area contributed by atoms with Crippen molar-refractivity contribution in [2.24, 2.45) is 0 Å². The average Bonchev–Trinajstić information content (AvgIpc) is 2.36. The summed E-state index contributed by atoms with van der Waals surface area (Å²) in [5, 5.41) is 0.499. The number of nitrogens with zero attached hydrogens (tertiary/aromatic N) is 2. The number of nitrogens with one attached hydrogen (secondary N) is 1. The van der Waals surface area contributed by atoms with Crippen LogP contribution in [-0.2, 0) is 4.74 Å². The number of H-pyrrole nitrogens is 1. The Bertz CT molecular complexity index is 609. The van der Waals surface area contributed by atoms with Crippen LogP contribution in [0, 0.1) is 0 Å². The van der Waals surface area contributed by atoms with Gasteiger partial charge in [-0.25, -0.2) is 4.98 Å². The maximum absolute atomic E-state index is 11.6. The first-order valence-electron chi connectivity index (χ1n) is 5.60. The van der Waals surface area contributed by atoms with Gasteiger partial charge in [-0.2, -0.15) is 0 Å². The van der Waals surface area contributed by atoms with Crippen LogP contribution in [0.1, 0.15) is 0 Å². The van der Waals surface area contributed by atoms with E-state index < -0.39 is 0 Å². The zero-order chi connectivity index (χ0) is 13.1. The normalized spacial score (nSPS) is 10.8. The molecule has 0 unspecified atom stereocenters. The minimum atomic E-state index is -0.183. The predicted octanol–water partition coefficient (Wildman–Crippen LogP) is 0.588. The Morgan fingerprint density at radius 1 is 1.50 bits per heavy atom. The number of anilines is 2. The molecular weight excluding hydrogens is 232 g/mol. The Morgan fingerprint density at radius 3 is 3.00 bits per heavy atom. The number of benzene rings is 1. The summed E-state index contributed by atoms with van der Waals surface area (Å²) >= 11 is 0. The first-order chi connectivity index (χ1) is 8.63. The number of likely N-dealkylation sites (N-methyl/N-ethyl adjacent to an activating group) is 1. The zero-order valence-corrected chi connectivity index (χ0v) is 10.4. The van der Waals surface area contributed by atoms with Crippen LogP contribution in [0.25, 0.3) is 10.9 Å². The number of aromatic nitrogens is 2. The second-order valence-corrected chi connectivity index (χ2v) is 4.07. The highest BCUT2D eigenvalue weighted by atomic mass is 16.5. The van der Waals surface area contributed by atoms with Crippen molar-refractivity contribution in [3.05, 3.63) is 28.8 Å². The monoisotopic (exact) mass is 248 g/mol. The average molecular weight is 248 g/mol. The molecule has 2 aromatic rings. The summed E-state index contributed by atoms with van der Waals surface area (Å²) in [6.07, 6.45) is 1.39. The first kappa shape index (κ1) is 12.4. The van der Waals surface area contributed by atoms with Gasteiger partial charge in [-0.1, -0.05) is 0 Å². The number of fused-ring (bicyclic) bond motifs is 1. The van der Waals surface area contributed by atoms with Crippen LogP contribution >= 0.6 is 0 Å². The van der Waals surface area contributed by atoms with E-state index >= 15 is 0 Å². The maximum Gasteiger partial charge on any atom is 0.258 e. The number of rotatable bonds is 4. The summed E-state index contributed by atoms with van der Waals surface area (Å²) in [5.41, 5.74) is 7.81. The molecule has 0 spiro atoms. The lowest BCUT2D eigenvalue weighted by Crippen LogP contribution is -2.23. The van der Waals surface area contributed by atoms with Crippen molar-refractivity contribution >= 4 is 22.3 Å². The molecule has 0 radical (unpaired) electrons. The van der Waals surface area contributed by atoms with Crippen LogP contribution in [0.2, 0.25) is 0 Å². The van der Waals surface area contributed by atoms with Crippen LogP contribution in [0.15, 0.2) is 23.3 Å². The van der Waals surface area contributed by atoms with Crippen molar-refractivity contribution < 1.29 is 4.74 Å². The summed E-state index contributed by atoms with van der Waals surface area (Å²) < 4.78 is 5.03. The van der Waals surface area contributed by atoms with Crippen LogP contribution in [0.3, 0.4) is 0 Å². The van der Waals surface area contributed by atoms with Crippen molar-refractivity contribution in [3.63, 3.8) is 0 Å². The van der Waals surface area contributed by atoms with E-state index in [0.29, 0.717) is 23.2 Å². The van der Waals surface area contributed by atoms with Gasteiger partial charge in [0.2, 0.25) is 0 Å². The molecule has 6 nitrogen and oxygen atoms in total. The lowest BCUT2D eigenvalue weighted by Gasteiger charge is -2.20. The fraction of sp³-hybridized carbons (Fsp3) is 0.333. The number of nitrogens with two attached hydrogens (primary N) is 1. The minimum Gasteiger partial charge on any atom is -0.397 e. The van der Waals surface area contributed by atoms with Gasteiger partial charge in [-0.05, 0) is 12.1 Å². The Labute approximate surface area is 104 Å². The van der Waals surface area contributed by atoms with Crippen LogP contribution in [0.5, 0.6) is 0 Å². The molecule has 2 rings (SSSR count). The van der Waals surface area contributed by atoms with Crippen LogP contribution < -0.4 is 16.2 Å². The zero-order valence-electron chi connectivity index (χ0n) is 10.4. The van der Waals surface area contributed by atoms with E-state index in [1.165, 1.54) is 6.33 Å².